The van der Waals surface area contributed by atoms with E-state index >= 15 is 0 Å². The summed E-state index contributed by atoms with van der Waals surface area (Å²) in [6, 6.07) is 19.6. The summed E-state index contributed by atoms with van der Waals surface area (Å²) in [5.74, 6) is -0.500. The van der Waals surface area contributed by atoms with Crippen LogP contribution in [0, 0.1) is 5.39 Å². The molecule has 34 heavy (non-hydrogen) atoms. The summed E-state index contributed by atoms with van der Waals surface area (Å²) >= 11 is 0. The predicted octanol–water partition coefficient (Wildman–Crippen LogP) is 4.52. The SMILES string of the molecule is CC(COS(=O)(=O)c1cc([N+]#N)c([O-])c2ccccc12)(c1ccc(O)cc1)c1ccc(O)cc1. The Morgan fingerprint density at radius 2 is 1.41 bits per heavy atom. The van der Waals surface area contributed by atoms with Crippen molar-refractivity contribution in [1.29, 1.82) is 5.39 Å². The largest absolute Gasteiger partial charge is 0.867 e. The lowest BCUT2D eigenvalue weighted by atomic mass is 9.77. The van der Waals surface area contributed by atoms with Crippen LogP contribution in [-0.4, -0.2) is 25.2 Å². The van der Waals surface area contributed by atoms with Crippen LogP contribution in [-0.2, 0) is 19.7 Å². The second-order valence-corrected chi connectivity index (χ2v) is 9.59. The summed E-state index contributed by atoms with van der Waals surface area (Å²) in [6.07, 6.45) is 0. The van der Waals surface area contributed by atoms with Gasteiger partial charge >= 0.3 is 5.69 Å². The van der Waals surface area contributed by atoms with Crippen molar-refractivity contribution in [2.24, 2.45) is 0 Å². The Morgan fingerprint density at radius 1 is 0.912 bits per heavy atom. The highest BCUT2D eigenvalue weighted by molar-refractivity contribution is 7.87. The van der Waals surface area contributed by atoms with E-state index in [2.05, 4.69) is 4.98 Å². The van der Waals surface area contributed by atoms with Crippen LogP contribution < -0.4 is 5.11 Å². The van der Waals surface area contributed by atoms with Gasteiger partial charge < -0.3 is 15.3 Å². The van der Waals surface area contributed by atoms with E-state index in [4.69, 9.17) is 4.18 Å². The molecular formula is C25H20N2O6S. The Labute approximate surface area is 196 Å². The van der Waals surface area contributed by atoms with E-state index in [0.717, 1.165) is 6.07 Å². The molecule has 0 atom stereocenters. The first-order valence-corrected chi connectivity index (χ1v) is 11.6. The summed E-state index contributed by atoms with van der Waals surface area (Å²) < 4.78 is 32.2. The number of phenolic OH excluding ortho intramolecular Hbond substituents is 2. The molecule has 172 valence electrons. The lowest BCUT2D eigenvalue weighted by Crippen LogP contribution is -2.31. The molecular weight excluding hydrogens is 456 g/mol. The molecule has 0 spiro atoms. The van der Waals surface area contributed by atoms with Gasteiger partial charge in [0.15, 0.2) is 4.98 Å². The fourth-order valence-corrected chi connectivity index (χ4v) is 5.05. The molecule has 0 aromatic heterocycles. The van der Waals surface area contributed by atoms with Gasteiger partial charge in [0.05, 0.1) is 12.7 Å². The number of aromatic hydroxyl groups is 2. The fourth-order valence-electron chi connectivity index (χ4n) is 3.83. The first-order valence-electron chi connectivity index (χ1n) is 10.2. The number of benzene rings is 4. The molecule has 0 fully saturated rings. The van der Waals surface area contributed by atoms with Gasteiger partial charge in [0.2, 0.25) is 5.39 Å². The Kier molecular flexibility index (Phi) is 5.87. The van der Waals surface area contributed by atoms with Crippen molar-refractivity contribution in [3.05, 3.63) is 95.0 Å². The summed E-state index contributed by atoms with van der Waals surface area (Å²) in [5.41, 5.74) is -0.0814. The van der Waals surface area contributed by atoms with Crippen LogP contribution in [0.4, 0.5) is 5.69 Å². The average Bonchev–Trinajstić information content (AvgIpc) is 2.84. The summed E-state index contributed by atoms with van der Waals surface area (Å²) in [4.78, 5) is 2.64. The Balaban J connectivity index is 1.79. The Bertz CT molecular complexity index is 1460. The summed E-state index contributed by atoms with van der Waals surface area (Å²) in [7, 11) is -4.41. The minimum atomic E-state index is -4.41. The van der Waals surface area contributed by atoms with E-state index in [1.54, 1.807) is 43.3 Å². The molecule has 0 aliphatic rings. The lowest BCUT2D eigenvalue weighted by Gasteiger charge is -2.30. The lowest BCUT2D eigenvalue weighted by molar-refractivity contribution is -0.264. The van der Waals surface area contributed by atoms with Gasteiger partial charge in [0, 0.05) is 10.8 Å². The van der Waals surface area contributed by atoms with Gasteiger partial charge in [-0.15, -0.1) is 0 Å². The van der Waals surface area contributed by atoms with Crippen LogP contribution in [0.3, 0.4) is 0 Å². The number of diazo groups is 1. The molecule has 0 radical (unpaired) electrons. The van der Waals surface area contributed by atoms with Crippen molar-refractivity contribution in [3.63, 3.8) is 0 Å². The molecule has 4 rings (SSSR count). The average molecular weight is 477 g/mol. The number of fused-ring (bicyclic) bond motifs is 1. The third-order valence-corrected chi connectivity index (χ3v) is 7.13. The fraction of sp³-hybridized carbons (Fsp3) is 0.120. The zero-order valence-corrected chi connectivity index (χ0v) is 18.9. The van der Waals surface area contributed by atoms with E-state index in [1.165, 1.54) is 36.4 Å². The second-order valence-electron chi connectivity index (χ2n) is 8.01. The van der Waals surface area contributed by atoms with Gasteiger partial charge in [-0.3, -0.25) is 4.18 Å². The molecule has 0 heterocycles. The molecule has 9 heteroatoms. The maximum atomic E-state index is 13.3. The maximum absolute atomic E-state index is 13.3. The van der Waals surface area contributed by atoms with Crippen LogP contribution in [0.1, 0.15) is 18.1 Å². The highest BCUT2D eigenvalue weighted by atomic mass is 32.2. The van der Waals surface area contributed by atoms with E-state index < -0.39 is 27.0 Å². The second kappa shape index (κ2) is 8.67. The van der Waals surface area contributed by atoms with Crippen molar-refractivity contribution >= 4 is 26.6 Å². The van der Waals surface area contributed by atoms with Gasteiger partial charge in [-0.1, -0.05) is 48.5 Å². The first-order chi connectivity index (χ1) is 16.2. The zero-order chi connectivity index (χ0) is 24.5. The summed E-state index contributed by atoms with van der Waals surface area (Å²) in [5, 5.41) is 41.3. The monoisotopic (exact) mass is 476 g/mol. The Hall–Kier alpha value is -4.13. The third-order valence-electron chi connectivity index (χ3n) is 5.83. The third kappa shape index (κ3) is 4.12. The van der Waals surface area contributed by atoms with E-state index in [0.29, 0.717) is 11.1 Å². The number of hydrogen-bond donors (Lipinski definition) is 2. The van der Waals surface area contributed by atoms with Crippen LogP contribution in [0.5, 0.6) is 17.2 Å². The smallest absolute Gasteiger partial charge is 0.379 e. The molecule has 0 aliphatic carbocycles. The van der Waals surface area contributed by atoms with Gasteiger partial charge in [-0.2, -0.15) is 8.42 Å². The van der Waals surface area contributed by atoms with E-state index in [1.807, 2.05) is 0 Å². The zero-order valence-electron chi connectivity index (χ0n) is 18.0. The molecule has 0 unspecified atom stereocenters. The molecule has 0 saturated carbocycles. The minimum absolute atomic E-state index is 0.0507. The molecule has 0 aliphatic heterocycles. The normalized spacial score (nSPS) is 11.9. The van der Waals surface area contributed by atoms with Crippen molar-refractivity contribution in [1.82, 2.24) is 0 Å². The van der Waals surface area contributed by atoms with Crippen LogP contribution in [0.15, 0.2) is 83.8 Å². The highest BCUT2D eigenvalue weighted by Crippen LogP contribution is 2.39. The van der Waals surface area contributed by atoms with Crippen molar-refractivity contribution in [2.45, 2.75) is 17.2 Å². The van der Waals surface area contributed by atoms with E-state index in [9.17, 15) is 29.1 Å². The number of rotatable bonds is 6. The van der Waals surface area contributed by atoms with Gasteiger partial charge in [-0.05, 0) is 53.5 Å². The molecule has 4 aromatic carbocycles. The van der Waals surface area contributed by atoms with E-state index in [-0.39, 0.29) is 33.8 Å². The van der Waals surface area contributed by atoms with Crippen LogP contribution >= 0.6 is 0 Å². The van der Waals surface area contributed by atoms with Crippen LogP contribution in [0.2, 0.25) is 0 Å². The van der Waals surface area contributed by atoms with Gasteiger partial charge in [0.25, 0.3) is 10.1 Å². The quantitative estimate of drug-likeness (QED) is 0.308. The molecule has 2 N–H and O–H groups in total. The number of phenols is 2. The molecule has 0 saturated heterocycles. The molecule has 0 amide bonds. The molecule has 8 nitrogen and oxygen atoms in total. The predicted molar refractivity (Wildman–Crippen MR) is 124 cm³/mol. The number of nitrogens with zero attached hydrogens (tertiary/aromatic N) is 2. The van der Waals surface area contributed by atoms with Gasteiger partial charge in [0.1, 0.15) is 16.4 Å². The summed E-state index contributed by atoms with van der Waals surface area (Å²) in [6.45, 7) is 1.44. The van der Waals surface area contributed by atoms with Gasteiger partial charge in [-0.25, -0.2) is 0 Å². The molecule has 4 aromatic rings. The number of hydrogen-bond acceptors (Lipinski definition) is 7. The van der Waals surface area contributed by atoms with Crippen molar-refractivity contribution in [3.8, 4) is 17.2 Å². The van der Waals surface area contributed by atoms with Crippen molar-refractivity contribution < 1.29 is 27.9 Å². The molecule has 0 bridgehead atoms. The first kappa shape index (κ1) is 23.0. The standard InChI is InChI=1S/C25H20N2O6S/c1-25(16-6-10-18(28)11-7-16,17-8-12-19(29)13-9-17)15-33-34(31,32)23-14-22(27-26)24(30)21-5-3-2-4-20(21)23/h2-14H,15H2,1H3,(H2-,28,29,30). The minimum Gasteiger partial charge on any atom is -0.867 e. The van der Waals surface area contributed by atoms with Crippen molar-refractivity contribution in [2.75, 3.05) is 6.61 Å². The van der Waals surface area contributed by atoms with Crippen LogP contribution in [0.25, 0.3) is 15.7 Å². The highest BCUT2D eigenvalue weighted by Gasteiger charge is 2.33. The Morgan fingerprint density at radius 3 is 1.91 bits per heavy atom. The maximum Gasteiger partial charge on any atom is 0.379 e. The topological polar surface area (TPSA) is 135 Å².